The average Bonchev–Trinajstić information content (AvgIpc) is 2.62. The van der Waals surface area contributed by atoms with Crippen molar-refractivity contribution >= 4 is 33.9 Å². The number of pyridine rings is 1. The van der Waals surface area contributed by atoms with E-state index < -0.39 is 0 Å². The summed E-state index contributed by atoms with van der Waals surface area (Å²) in [6, 6.07) is 12.7. The zero-order valence-corrected chi connectivity index (χ0v) is 15.1. The van der Waals surface area contributed by atoms with Gasteiger partial charge in [0.1, 0.15) is 5.82 Å². The summed E-state index contributed by atoms with van der Waals surface area (Å²) in [4.78, 5) is 6.53. The van der Waals surface area contributed by atoms with Crippen LogP contribution in [0.15, 0.2) is 48.7 Å². The second kappa shape index (κ2) is 7.81. The second-order valence-electron chi connectivity index (χ2n) is 5.91. The molecule has 0 spiro atoms. The lowest BCUT2D eigenvalue weighted by Gasteiger charge is -2.19. The second-order valence-corrected chi connectivity index (χ2v) is 6.35. The highest BCUT2D eigenvalue weighted by Crippen LogP contribution is 2.28. The van der Waals surface area contributed by atoms with Gasteiger partial charge < -0.3 is 5.32 Å². The number of nitrogens with zero attached hydrogens (tertiary/aromatic N) is 2. The Hall–Kier alpha value is -2.17. The monoisotopic (exact) mass is 357 g/mol. The van der Waals surface area contributed by atoms with E-state index in [-0.39, 0.29) is 5.82 Å². The fraction of sp³-hybridized carbons (Fsp3) is 0.250. The molecular weight excluding hydrogens is 337 g/mol. The van der Waals surface area contributed by atoms with Crippen molar-refractivity contribution in [2.45, 2.75) is 20.4 Å². The molecule has 0 saturated carbocycles. The van der Waals surface area contributed by atoms with Gasteiger partial charge in [-0.3, -0.25) is 9.88 Å². The number of anilines is 2. The number of benzene rings is 2. The van der Waals surface area contributed by atoms with Crippen LogP contribution in [0.3, 0.4) is 0 Å². The Labute approximate surface area is 152 Å². The lowest BCUT2D eigenvalue weighted by Crippen LogP contribution is -2.22. The SMILES string of the molecule is CCN(CC)Cc1cc(Nc2ccnc3cc(Cl)ccc23)ccc1F. The Bertz CT molecular complexity index is 878. The zero-order chi connectivity index (χ0) is 17.8. The minimum atomic E-state index is -0.177. The van der Waals surface area contributed by atoms with Gasteiger partial charge in [0.15, 0.2) is 0 Å². The van der Waals surface area contributed by atoms with Gasteiger partial charge in [0, 0.05) is 40.1 Å². The molecule has 5 heteroatoms. The summed E-state index contributed by atoms with van der Waals surface area (Å²) in [5.41, 5.74) is 3.28. The highest BCUT2D eigenvalue weighted by atomic mass is 35.5. The molecule has 0 fully saturated rings. The summed E-state index contributed by atoms with van der Waals surface area (Å²) in [5.74, 6) is -0.177. The molecule has 1 aromatic heterocycles. The van der Waals surface area contributed by atoms with E-state index in [2.05, 4.69) is 29.0 Å². The molecular formula is C20H21ClFN3. The Morgan fingerprint density at radius 1 is 1.08 bits per heavy atom. The molecule has 130 valence electrons. The first kappa shape index (κ1) is 17.6. The molecule has 0 atom stereocenters. The lowest BCUT2D eigenvalue weighted by atomic mass is 10.1. The predicted molar refractivity (Wildman–Crippen MR) is 103 cm³/mol. The molecule has 1 heterocycles. The van der Waals surface area contributed by atoms with Crippen LogP contribution >= 0.6 is 11.6 Å². The van der Waals surface area contributed by atoms with E-state index in [9.17, 15) is 4.39 Å². The van der Waals surface area contributed by atoms with Crippen LogP contribution < -0.4 is 5.32 Å². The maximum absolute atomic E-state index is 14.2. The van der Waals surface area contributed by atoms with Gasteiger partial charge in [0.2, 0.25) is 0 Å². The first-order valence-electron chi connectivity index (χ1n) is 8.42. The largest absolute Gasteiger partial charge is 0.355 e. The van der Waals surface area contributed by atoms with Crippen LogP contribution in [0.25, 0.3) is 10.9 Å². The topological polar surface area (TPSA) is 28.2 Å². The summed E-state index contributed by atoms with van der Waals surface area (Å²) in [6.07, 6.45) is 1.74. The number of aromatic nitrogens is 1. The van der Waals surface area contributed by atoms with Crippen molar-refractivity contribution in [2.24, 2.45) is 0 Å². The Kier molecular flexibility index (Phi) is 5.51. The van der Waals surface area contributed by atoms with E-state index in [4.69, 9.17) is 11.6 Å². The number of halogens is 2. The molecule has 3 rings (SSSR count). The molecule has 0 saturated heterocycles. The van der Waals surface area contributed by atoms with Crippen LogP contribution in [0, 0.1) is 5.82 Å². The fourth-order valence-corrected chi connectivity index (χ4v) is 3.01. The average molecular weight is 358 g/mol. The first-order valence-corrected chi connectivity index (χ1v) is 8.80. The fourth-order valence-electron chi connectivity index (χ4n) is 2.85. The van der Waals surface area contributed by atoms with Crippen LogP contribution in [0.4, 0.5) is 15.8 Å². The Morgan fingerprint density at radius 2 is 1.88 bits per heavy atom. The number of rotatable bonds is 6. The molecule has 3 aromatic rings. The third-order valence-corrected chi connectivity index (χ3v) is 4.55. The Morgan fingerprint density at radius 3 is 2.64 bits per heavy atom. The maximum atomic E-state index is 14.2. The molecule has 3 nitrogen and oxygen atoms in total. The van der Waals surface area contributed by atoms with Crippen LogP contribution in [-0.4, -0.2) is 23.0 Å². The summed E-state index contributed by atoms with van der Waals surface area (Å²) in [5, 5.41) is 5.00. The van der Waals surface area contributed by atoms with Crippen LogP contribution in [-0.2, 0) is 6.54 Å². The summed E-state index contributed by atoms with van der Waals surface area (Å²) in [6.45, 7) is 6.54. The number of nitrogens with one attached hydrogen (secondary N) is 1. The Balaban J connectivity index is 1.91. The third-order valence-electron chi connectivity index (χ3n) is 4.32. The van der Waals surface area contributed by atoms with Gasteiger partial charge in [-0.05, 0) is 55.6 Å². The minimum absolute atomic E-state index is 0.177. The summed E-state index contributed by atoms with van der Waals surface area (Å²) < 4.78 is 14.2. The molecule has 0 unspecified atom stereocenters. The van der Waals surface area contributed by atoms with Crippen molar-refractivity contribution in [1.82, 2.24) is 9.88 Å². The molecule has 0 aliphatic heterocycles. The van der Waals surface area contributed by atoms with E-state index in [0.717, 1.165) is 35.4 Å². The molecule has 1 N–H and O–H groups in total. The maximum Gasteiger partial charge on any atom is 0.127 e. The van der Waals surface area contributed by atoms with E-state index in [0.29, 0.717) is 17.1 Å². The number of hydrogen-bond donors (Lipinski definition) is 1. The van der Waals surface area contributed by atoms with Gasteiger partial charge in [-0.25, -0.2) is 4.39 Å². The quantitative estimate of drug-likeness (QED) is 0.621. The molecule has 0 bridgehead atoms. The van der Waals surface area contributed by atoms with E-state index in [1.807, 2.05) is 30.3 Å². The van der Waals surface area contributed by atoms with Gasteiger partial charge in [-0.15, -0.1) is 0 Å². The normalized spacial score (nSPS) is 11.2. The van der Waals surface area contributed by atoms with Gasteiger partial charge in [-0.2, -0.15) is 0 Å². The smallest absolute Gasteiger partial charge is 0.127 e. The number of fused-ring (bicyclic) bond motifs is 1. The number of hydrogen-bond acceptors (Lipinski definition) is 3. The van der Waals surface area contributed by atoms with Crippen molar-refractivity contribution in [2.75, 3.05) is 18.4 Å². The van der Waals surface area contributed by atoms with Gasteiger partial charge in [-0.1, -0.05) is 25.4 Å². The molecule has 0 amide bonds. The minimum Gasteiger partial charge on any atom is -0.355 e. The van der Waals surface area contributed by atoms with Crippen molar-refractivity contribution in [1.29, 1.82) is 0 Å². The summed E-state index contributed by atoms with van der Waals surface area (Å²) >= 11 is 6.04. The van der Waals surface area contributed by atoms with Crippen LogP contribution in [0.5, 0.6) is 0 Å². The highest BCUT2D eigenvalue weighted by Gasteiger charge is 2.09. The molecule has 0 radical (unpaired) electrons. The van der Waals surface area contributed by atoms with Gasteiger partial charge in [0.25, 0.3) is 0 Å². The predicted octanol–water partition coefficient (Wildman–Crippen LogP) is 5.61. The lowest BCUT2D eigenvalue weighted by molar-refractivity contribution is 0.291. The van der Waals surface area contributed by atoms with Crippen LogP contribution in [0.1, 0.15) is 19.4 Å². The van der Waals surface area contributed by atoms with Gasteiger partial charge in [0.05, 0.1) is 5.52 Å². The first-order chi connectivity index (χ1) is 12.1. The van der Waals surface area contributed by atoms with Crippen molar-refractivity contribution in [3.63, 3.8) is 0 Å². The van der Waals surface area contributed by atoms with E-state index in [1.165, 1.54) is 6.07 Å². The molecule has 25 heavy (non-hydrogen) atoms. The summed E-state index contributed by atoms with van der Waals surface area (Å²) in [7, 11) is 0. The van der Waals surface area contributed by atoms with Crippen molar-refractivity contribution in [3.05, 3.63) is 65.1 Å². The van der Waals surface area contributed by atoms with Crippen molar-refractivity contribution in [3.8, 4) is 0 Å². The molecule has 2 aromatic carbocycles. The third kappa shape index (κ3) is 4.09. The van der Waals surface area contributed by atoms with Crippen molar-refractivity contribution < 1.29 is 4.39 Å². The molecule has 0 aliphatic rings. The van der Waals surface area contributed by atoms with E-state index >= 15 is 0 Å². The zero-order valence-electron chi connectivity index (χ0n) is 14.4. The van der Waals surface area contributed by atoms with Crippen LogP contribution in [0.2, 0.25) is 5.02 Å². The highest BCUT2D eigenvalue weighted by molar-refractivity contribution is 6.31. The van der Waals surface area contributed by atoms with Gasteiger partial charge >= 0.3 is 0 Å². The standard InChI is InChI=1S/C20H21ClFN3/c1-3-25(4-2)13-14-11-16(6-8-18(14)22)24-19-9-10-23-20-12-15(21)5-7-17(19)20/h5-12H,3-4,13H2,1-2H3,(H,23,24). The molecule has 0 aliphatic carbocycles. The van der Waals surface area contributed by atoms with E-state index in [1.54, 1.807) is 12.3 Å².